The first kappa shape index (κ1) is 17.1. The topological polar surface area (TPSA) is 71.1 Å². The Morgan fingerprint density at radius 1 is 0.750 bits per heavy atom. The zero-order valence-corrected chi connectivity index (χ0v) is 13.2. The van der Waals surface area contributed by atoms with Gasteiger partial charge in [-0.1, -0.05) is 36.4 Å². The van der Waals surface area contributed by atoms with E-state index in [0.717, 1.165) is 11.1 Å². The van der Waals surface area contributed by atoms with E-state index in [9.17, 15) is 9.59 Å². The van der Waals surface area contributed by atoms with Gasteiger partial charge >= 0.3 is 12.3 Å². The van der Waals surface area contributed by atoms with Crippen molar-refractivity contribution in [1.29, 1.82) is 0 Å². The standard InChI is InChI=1S/C18H16O6/c1-21-17(19)23-15-10-8-13(9-11-15)6-7-14-4-3-5-16(12-14)24-18(20)22-2/h3-12H,1-2H3/b7-6+. The third-order valence-corrected chi connectivity index (χ3v) is 2.94. The number of carbonyl (C=O) groups is 2. The van der Waals surface area contributed by atoms with Crippen LogP contribution in [0.15, 0.2) is 48.5 Å². The summed E-state index contributed by atoms with van der Waals surface area (Å²) in [6.07, 6.45) is 2.21. The highest BCUT2D eigenvalue weighted by atomic mass is 16.7. The van der Waals surface area contributed by atoms with Crippen LogP contribution < -0.4 is 9.47 Å². The molecule has 124 valence electrons. The summed E-state index contributed by atoms with van der Waals surface area (Å²) in [7, 11) is 2.50. The van der Waals surface area contributed by atoms with Crippen molar-refractivity contribution in [3.05, 3.63) is 59.7 Å². The second-order valence-electron chi connectivity index (χ2n) is 4.59. The minimum Gasteiger partial charge on any atom is -0.437 e. The molecule has 0 saturated heterocycles. The lowest BCUT2D eigenvalue weighted by Gasteiger charge is -2.03. The lowest BCUT2D eigenvalue weighted by molar-refractivity contribution is 0.120. The summed E-state index contributed by atoms with van der Waals surface area (Å²) in [5, 5.41) is 0. The van der Waals surface area contributed by atoms with Gasteiger partial charge < -0.3 is 18.9 Å². The zero-order chi connectivity index (χ0) is 17.4. The van der Waals surface area contributed by atoms with Crippen molar-refractivity contribution in [1.82, 2.24) is 0 Å². The molecule has 0 aliphatic carbocycles. The Hall–Kier alpha value is -3.28. The van der Waals surface area contributed by atoms with E-state index in [0.29, 0.717) is 11.5 Å². The summed E-state index contributed by atoms with van der Waals surface area (Å²) in [4.78, 5) is 22.1. The Kier molecular flexibility index (Phi) is 5.96. The van der Waals surface area contributed by atoms with Gasteiger partial charge in [0.2, 0.25) is 0 Å². The molecular weight excluding hydrogens is 312 g/mol. The second-order valence-corrected chi connectivity index (χ2v) is 4.59. The van der Waals surface area contributed by atoms with Gasteiger partial charge in [-0.3, -0.25) is 0 Å². The average Bonchev–Trinajstić information content (AvgIpc) is 2.61. The summed E-state index contributed by atoms with van der Waals surface area (Å²) < 4.78 is 18.7. The van der Waals surface area contributed by atoms with Gasteiger partial charge in [0.15, 0.2) is 0 Å². The highest BCUT2D eigenvalue weighted by Crippen LogP contribution is 2.18. The van der Waals surface area contributed by atoms with Crippen LogP contribution in [-0.2, 0) is 9.47 Å². The highest BCUT2D eigenvalue weighted by Gasteiger charge is 2.04. The van der Waals surface area contributed by atoms with Gasteiger partial charge in [0.1, 0.15) is 11.5 Å². The maximum atomic E-state index is 11.1. The predicted octanol–water partition coefficient (Wildman–Crippen LogP) is 4.15. The number of hydrogen-bond donors (Lipinski definition) is 0. The van der Waals surface area contributed by atoms with Crippen LogP contribution in [0.1, 0.15) is 11.1 Å². The van der Waals surface area contributed by atoms with Crippen molar-refractivity contribution in [3.63, 3.8) is 0 Å². The molecule has 0 aliphatic rings. The van der Waals surface area contributed by atoms with Crippen LogP contribution in [-0.4, -0.2) is 26.5 Å². The maximum absolute atomic E-state index is 11.1. The lowest BCUT2D eigenvalue weighted by Crippen LogP contribution is -2.07. The summed E-state index contributed by atoms with van der Waals surface area (Å²) in [5.41, 5.74) is 1.76. The fourth-order valence-electron chi connectivity index (χ4n) is 1.80. The monoisotopic (exact) mass is 328 g/mol. The molecule has 2 aromatic carbocycles. The van der Waals surface area contributed by atoms with E-state index in [-0.39, 0.29) is 0 Å². The van der Waals surface area contributed by atoms with Crippen LogP contribution in [0.2, 0.25) is 0 Å². The summed E-state index contributed by atoms with van der Waals surface area (Å²) in [6.45, 7) is 0. The molecule has 0 spiro atoms. The molecule has 0 atom stereocenters. The number of carbonyl (C=O) groups excluding carboxylic acids is 2. The molecule has 0 heterocycles. The SMILES string of the molecule is COC(=O)Oc1ccc(/C=C/c2cccc(OC(=O)OC)c2)cc1. The number of benzene rings is 2. The third-order valence-electron chi connectivity index (χ3n) is 2.94. The first-order valence-electron chi connectivity index (χ1n) is 7.00. The van der Waals surface area contributed by atoms with Crippen molar-refractivity contribution < 1.29 is 28.5 Å². The molecule has 0 amide bonds. The van der Waals surface area contributed by atoms with E-state index in [1.54, 1.807) is 42.5 Å². The molecule has 2 aromatic rings. The van der Waals surface area contributed by atoms with Gasteiger partial charge in [-0.2, -0.15) is 0 Å². The number of ether oxygens (including phenoxy) is 4. The fourth-order valence-corrected chi connectivity index (χ4v) is 1.80. The smallest absolute Gasteiger partial charge is 0.437 e. The van der Waals surface area contributed by atoms with E-state index in [2.05, 4.69) is 9.47 Å². The first-order chi connectivity index (χ1) is 11.6. The molecular formula is C18H16O6. The van der Waals surface area contributed by atoms with Crippen molar-refractivity contribution >= 4 is 24.5 Å². The Bertz CT molecular complexity index is 733. The van der Waals surface area contributed by atoms with Gasteiger partial charge in [0.25, 0.3) is 0 Å². The van der Waals surface area contributed by atoms with Crippen molar-refractivity contribution in [2.45, 2.75) is 0 Å². The van der Waals surface area contributed by atoms with Crippen molar-refractivity contribution in [2.24, 2.45) is 0 Å². The minimum atomic E-state index is -0.766. The predicted molar refractivity (Wildman–Crippen MR) is 87.9 cm³/mol. The van der Waals surface area contributed by atoms with Gasteiger partial charge in [-0.25, -0.2) is 9.59 Å². The van der Waals surface area contributed by atoms with Gasteiger partial charge in [0, 0.05) is 0 Å². The number of rotatable bonds is 4. The molecule has 2 rings (SSSR count). The van der Waals surface area contributed by atoms with Gasteiger partial charge in [-0.05, 0) is 35.4 Å². The molecule has 24 heavy (non-hydrogen) atoms. The van der Waals surface area contributed by atoms with Crippen LogP contribution in [0.3, 0.4) is 0 Å². The summed E-state index contributed by atoms with van der Waals surface area (Å²) in [5.74, 6) is 0.790. The van der Waals surface area contributed by atoms with Crippen LogP contribution in [0.25, 0.3) is 12.2 Å². The van der Waals surface area contributed by atoms with Crippen LogP contribution in [0.4, 0.5) is 9.59 Å². The molecule has 0 unspecified atom stereocenters. The van der Waals surface area contributed by atoms with Gasteiger partial charge in [0.05, 0.1) is 14.2 Å². The molecule has 0 fully saturated rings. The van der Waals surface area contributed by atoms with Crippen LogP contribution in [0.5, 0.6) is 11.5 Å². The quantitative estimate of drug-likeness (QED) is 0.477. The summed E-state index contributed by atoms with van der Waals surface area (Å²) in [6, 6.07) is 13.9. The number of methoxy groups -OCH3 is 2. The van der Waals surface area contributed by atoms with Crippen LogP contribution >= 0.6 is 0 Å². The Balaban J connectivity index is 2.03. The molecule has 0 bridgehead atoms. The molecule has 6 nitrogen and oxygen atoms in total. The normalized spacial score (nSPS) is 10.2. The highest BCUT2D eigenvalue weighted by molar-refractivity contribution is 5.71. The molecule has 0 saturated carbocycles. The summed E-state index contributed by atoms with van der Waals surface area (Å²) >= 11 is 0. The average molecular weight is 328 g/mol. The van der Waals surface area contributed by atoms with E-state index in [1.807, 2.05) is 18.2 Å². The van der Waals surface area contributed by atoms with Gasteiger partial charge in [-0.15, -0.1) is 0 Å². The largest absolute Gasteiger partial charge is 0.513 e. The van der Waals surface area contributed by atoms with E-state index < -0.39 is 12.3 Å². The van der Waals surface area contributed by atoms with Crippen LogP contribution in [0, 0.1) is 0 Å². The molecule has 0 radical (unpaired) electrons. The van der Waals surface area contributed by atoms with Crippen molar-refractivity contribution in [3.8, 4) is 11.5 Å². The maximum Gasteiger partial charge on any atom is 0.513 e. The van der Waals surface area contributed by atoms with Crippen molar-refractivity contribution in [2.75, 3.05) is 14.2 Å². The van der Waals surface area contributed by atoms with E-state index in [4.69, 9.17) is 9.47 Å². The molecule has 0 aromatic heterocycles. The zero-order valence-electron chi connectivity index (χ0n) is 13.2. The third kappa shape index (κ3) is 5.17. The molecule has 0 aliphatic heterocycles. The Morgan fingerprint density at radius 3 is 1.96 bits per heavy atom. The number of hydrogen-bond acceptors (Lipinski definition) is 6. The second kappa shape index (κ2) is 8.38. The fraction of sp³-hybridized carbons (Fsp3) is 0.111. The Morgan fingerprint density at radius 2 is 1.33 bits per heavy atom. The van der Waals surface area contributed by atoms with E-state index >= 15 is 0 Å². The molecule has 0 N–H and O–H groups in total. The van der Waals surface area contributed by atoms with E-state index in [1.165, 1.54) is 14.2 Å². The Labute approximate surface area is 139 Å². The molecule has 6 heteroatoms. The first-order valence-corrected chi connectivity index (χ1v) is 7.00. The lowest BCUT2D eigenvalue weighted by atomic mass is 10.1. The minimum absolute atomic E-state index is 0.394.